The van der Waals surface area contributed by atoms with E-state index in [1.807, 2.05) is 24.3 Å². The van der Waals surface area contributed by atoms with Crippen LogP contribution in [0.25, 0.3) is 0 Å². The number of benzene rings is 1. The lowest BCUT2D eigenvalue weighted by atomic mass is 10.2. The fourth-order valence-corrected chi connectivity index (χ4v) is 1.23. The van der Waals surface area contributed by atoms with E-state index in [2.05, 4.69) is 10.6 Å². The van der Waals surface area contributed by atoms with Gasteiger partial charge in [0.15, 0.2) is 0 Å². The van der Waals surface area contributed by atoms with E-state index >= 15 is 0 Å². The molecule has 0 saturated heterocycles. The van der Waals surface area contributed by atoms with Gasteiger partial charge in [0.1, 0.15) is 11.6 Å². The third kappa shape index (κ3) is 4.13. The van der Waals surface area contributed by atoms with Crippen molar-refractivity contribution in [3.63, 3.8) is 0 Å². The summed E-state index contributed by atoms with van der Waals surface area (Å²) in [5.74, 6) is 0.141. The number of rotatable bonds is 6. The Morgan fingerprint density at radius 1 is 0.938 bits per heavy atom. The molecule has 86 valence electrons. The molecule has 0 unspecified atom stereocenters. The zero-order valence-electron chi connectivity index (χ0n) is 9.54. The number of hydrogen-bond donors (Lipinski definition) is 2. The van der Waals surface area contributed by atoms with E-state index < -0.39 is 0 Å². The number of ketones is 2. The molecule has 0 aromatic heterocycles. The third-order valence-electron chi connectivity index (χ3n) is 1.98. The first kappa shape index (κ1) is 12.2. The molecule has 1 rings (SSSR count). The van der Waals surface area contributed by atoms with E-state index in [9.17, 15) is 9.59 Å². The minimum atomic E-state index is 0.0707. The molecule has 4 nitrogen and oxygen atoms in total. The van der Waals surface area contributed by atoms with Crippen LogP contribution >= 0.6 is 0 Å². The molecule has 0 aliphatic carbocycles. The quantitative estimate of drug-likeness (QED) is 0.766. The molecule has 0 aliphatic heterocycles. The van der Waals surface area contributed by atoms with Gasteiger partial charge in [-0.25, -0.2) is 0 Å². The Balaban J connectivity index is 2.67. The average molecular weight is 220 g/mol. The summed E-state index contributed by atoms with van der Waals surface area (Å²) in [5, 5.41) is 6.03. The van der Waals surface area contributed by atoms with Gasteiger partial charge in [0.2, 0.25) is 0 Å². The number of carbonyl (C=O) groups is 2. The lowest BCUT2D eigenvalue weighted by molar-refractivity contribution is -0.116. The van der Waals surface area contributed by atoms with Crippen molar-refractivity contribution >= 4 is 22.9 Å². The molecule has 16 heavy (non-hydrogen) atoms. The molecule has 1 aromatic rings. The van der Waals surface area contributed by atoms with Crippen molar-refractivity contribution in [2.45, 2.75) is 13.8 Å². The normalized spacial score (nSPS) is 9.62. The molecule has 0 fully saturated rings. The van der Waals surface area contributed by atoms with Crippen molar-refractivity contribution in [1.82, 2.24) is 0 Å². The molecule has 0 bridgehead atoms. The zero-order chi connectivity index (χ0) is 12.0. The second-order valence-electron chi connectivity index (χ2n) is 3.66. The molecule has 0 aliphatic rings. The van der Waals surface area contributed by atoms with Gasteiger partial charge in [0.05, 0.1) is 24.5 Å². The standard InChI is InChI=1S/C12H16N2O2/c1-9(15)7-13-11-5-3-4-6-12(11)14-8-10(2)16/h3-6,13-14H,7-8H2,1-2H3. The zero-order valence-corrected chi connectivity index (χ0v) is 9.54. The molecular formula is C12H16N2O2. The highest BCUT2D eigenvalue weighted by Gasteiger charge is 2.02. The molecule has 0 spiro atoms. The first-order valence-corrected chi connectivity index (χ1v) is 5.15. The Bertz CT molecular complexity index is 351. The van der Waals surface area contributed by atoms with Crippen LogP contribution in [-0.2, 0) is 9.59 Å². The van der Waals surface area contributed by atoms with E-state index in [1.165, 1.54) is 13.8 Å². The maximum absolute atomic E-state index is 10.9. The maximum Gasteiger partial charge on any atom is 0.148 e. The first-order chi connectivity index (χ1) is 7.59. The fourth-order valence-electron chi connectivity index (χ4n) is 1.23. The van der Waals surface area contributed by atoms with Crippen molar-refractivity contribution in [2.24, 2.45) is 0 Å². The second kappa shape index (κ2) is 5.90. The number of para-hydroxylation sites is 2. The summed E-state index contributed by atoms with van der Waals surface area (Å²) in [6.45, 7) is 3.63. The lowest BCUT2D eigenvalue weighted by Crippen LogP contribution is -2.14. The molecule has 0 atom stereocenters. The van der Waals surface area contributed by atoms with Gasteiger partial charge in [-0.05, 0) is 26.0 Å². The fraction of sp³-hybridized carbons (Fsp3) is 0.333. The molecular weight excluding hydrogens is 204 g/mol. The SMILES string of the molecule is CC(=O)CNc1ccccc1NCC(C)=O. The van der Waals surface area contributed by atoms with Crippen LogP contribution in [0.15, 0.2) is 24.3 Å². The van der Waals surface area contributed by atoms with Crippen LogP contribution in [0.5, 0.6) is 0 Å². The first-order valence-electron chi connectivity index (χ1n) is 5.15. The number of nitrogens with one attached hydrogen (secondary N) is 2. The molecule has 0 saturated carbocycles. The van der Waals surface area contributed by atoms with Gasteiger partial charge in [0.25, 0.3) is 0 Å². The topological polar surface area (TPSA) is 58.2 Å². The molecule has 1 aromatic carbocycles. The van der Waals surface area contributed by atoms with E-state index in [0.717, 1.165) is 11.4 Å². The van der Waals surface area contributed by atoms with Crippen LogP contribution in [0, 0.1) is 0 Å². The van der Waals surface area contributed by atoms with Gasteiger partial charge >= 0.3 is 0 Å². The minimum absolute atomic E-state index is 0.0707. The molecule has 4 heteroatoms. The molecule has 0 amide bonds. The summed E-state index contributed by atoms with van der Waals surface area (Å²) >= 11 is 0. The van der Waals surface area contributed by atoms with E-state index in [0.29, 0.717) is 13.1 Å². The number of Topliss-reactive ketones (excluding diaryl/α,β-unsaturated/α-hetero) is 2. The van der Waals surface area contributed by atoms with Crippen molar-refractivity contribution in [1.29, 1.82) is 0 Å². The Labute approximate surface area is 95.0 Å². The highest BCUT2D eigenvalue weighted by Crippen LogP contribution is 2.20. The van der Waals surface area contributed by atoms with Crippen LogP contribution in [-0.4, -0.2) is 24.7 Å². The van der Waals surface area contributed by atoms with Crippen molar-refractivity contribution in [2.75, 3.05) is 23.7 Å². The van der Waals surface area contributed by atoms with Gasteiger partial charge in [0, 0.05) is 0 Å². The van der Waals surface area contributed by atoms with Crippen LogP contribution in [0.3, 0.4) is 0 Å². The summed E-state index contributed by atoms with van der Waals surface area (Å²) < 4.78 is 0. The largest absolute Gasteiger partial charge is 0.376 e. The van der Waals surface area contributed by atoms with Crippen molar-refractivity contribution in [3.05, 3.63) is 24.3 Å². The predicted molar refractivity (Wildman–Crippen MR) is 64.8 cm³/mol. The van der Waals surface area contributed by atoms with E-state index in [4.69, 9.17) is 0 Å². The predicted octanol–water partition coefficient (Wildman–Crippen LogP) is 1.69. The van der Waals surface area contributed by atoms with Crippen LogP contribution < -0.4 is 10.6 Å². The van der Waals surface area contributed by atoms with Gasteiger partial charge in [-0.15, -0.1) is 0 Å². The van der Waals surface area contributed by atoms with Gasteiger partial charge < -0.3 is 10.6 Å². The highest BCUT2D eigenvalue weighted by atomic mass is 16.1. The highest BCUT2D eigenvalue weighted by molar-refractivity contribution is 5.84. The van der Waals surface area contributed by atoms with Crippen molar-refractivity contribution in [3.8, 4) is 0 Å². The smallest absolute Gasteiger partial charge is 0.148 e. The third-order valence-corrected chi connectivity index (χ3v) is 1.98. The Morgan fingerprint density at radius 2 is 1.31 bits per heavy atom. The molecule has 0 radical (unpaired) electrons. The summed E-state index contributed by atoms with van der Waals surface area (Å²) in [4.78, 5) is 21.7. The average Bonchev–Trinajstić information content (AvgIpc) is 2.24. The second-order valence-corrected chi connectivity index (χ2v) is 3.66. The lowest BCUT2D eigenvalue weighted by Gasteiger charge is -2.11. The molecule has 0 heterocycles. The Kier molecular flexibility index (Phi) is 4.51. The van der Waals surface area contributed by atoms with Crippen LogP contribution in [0.2, 0.25) is 0 Å². The van der Waals surface area contributed by atoms with Gasteiger partial charge in [-0.2, -0.15) is 0 Å². The molecule has 2 N–H and O–H groups in total. The summed E-state index contributed by atoms with van der Waals surface area (Å²) in [6.07, 6.45) is 0. The Hall–Kier alpha value is -1.84. The van der Waals surface area contributed by atoms with Gasteiger partial charge in [-0.3, -0.25) is 9.59 Å². The summed E-state index contributed by atoms with van der Waals surface area (Å²) in [7, 11) is 0. The van der Waals surface area contributed by atoms with E-state index in [1.54, 1.807) is 0 Å². The van der Waals surface area contributed by atoms with E-state index in [-0.39, 0.29) is 11.6 Å². The monoisotopic (exact) mass is 220 g/mol. The number of hydrogen-bond acceptors (Lipinski definition) is 4. The number of anilines is 2. The summed E-state index contributed by atoms with van der Waals surface area (Å²) in [5.41, 5.74) is 1.66. The number of carbonyl (C=O) groups excluding carboxylic acids is 2. The van der Waals surface area contributed by atoms with Crippen LogP contribution in [0.1, 0.15) is 13.8 Å². The van der Waals surface area contributed by atoms with Crippen LogP contribution in [0.4, 0.5) is 11.4 Å². The Morgan fingerprint density at radius 3 is 1.62 bits per heavy atom. The maximum atomic E-state index is 10.9. The van der Waals surface area contributed by atoms with Gasteiger partial charge in [-0.1, -0.05) is 12.1 Å². The minimum Gasteiger partial charge on any atom is -0.376 e. The van der Waals surface area contributed by atoms with Crippen molar-refractivity contribution < 1.29 is 9.59 Å². The summed E-state index contributed by atoms with van der Waals surface area (Å²) in [6, 6.07) is 7.49.